The van der Waals surface area contributed by atoms with Crippen LogP contribution in [0.5, 0.6) is 0 Å². The predicted octanol–water partition coefficient (Wildman–Crippen LogP) is 4.41. The molecule has 2 heterocycles. The van der Waals surface area contributed by atoms with Crippen molar-refractivity contribution in [2.24, 2.45) is 0 Å². The molecule has 0 aliphatic rings. The van der Waals surface area contributed by atoms with Crippen LogP contribution in [0.3, 0.4) is 0 Å². The van der Waals surface area contributed by atoms with E-state index in [0.29, 0.717) is 0 Å². The lowest BCUT2D eigenvalue weighted by molar-refractivity contribution is 1.13. The van der Waals surface area contributed by atoms with Crippen LogP contribution in [0.2, 0.25) is 0 Å². The Bertz CT molecular complexity index is 461. The fourth-order valence-corrected chi connectivity index (χ4v) is 4.17. The lowest BCUT2D eigenvalue weighted by Gasteiger charge is -1.90. The highest BCUT2D eigenvalue weighted by atomic mass is 79.9. The van der Waals surface area contributed by atoms with Crippen molar-refractivity contribution in [3.05, 3.63) is 26.5 Å². The molecule has 2 aromatic heterocycles. The largest absolute Gasteiger partial charge is 0.240 e. The van der Waals surface area contributed by atoms with Gasteiger partial charge in [-0.2, -0.15) is 12.6 Å². The first-order valence-electron chi connectivity index (χ1n) is 4.53. The Morgan fingerprint density at radius 3 is 2.80 bits per heavy atom. The average molecular weight is 320 g/mol. The van der Waals surface area contributed by atoms with Crippen molar-refractivity contribution in [3.8, 4) is 9.88 Å². The maximum Gasteiger partial charge on any atom is 0.133 e. The summed E-state index contributed by atoms with van der Waals surface area (Å²) in [6, 6.07) is 4.17. The highest BCUT2D eigenvalue weighted by molar-refractivity contribution is 9.11. The minimum absolute atomic E-state index is 0.886. The summed E-state index contributed by atoms with van der Waals surface area (Å²) < 4.78 is 1.15. The number of nitrogens with zero attached hydrogens (tertiary/aromatic N) is 1. The molecule has 2 rings (SSSR count). The summed E-state index contributed by atoms with van der Waals surface area (Å²) in [5, 5.41) is 1.12. The summed E-state index contributed by atoms with van der Waals surface area (Å²) in [5.41, 5.74) is 1.15. The van der Waals surface area contributed by atoms with Gasteiger partial charge in [0.15, 0.2) is 0 Å². The zero-order valence-electron chi connectivity index (χ0n) is 8.16. The minimum atomic E-state index is 0.886. The van der Waals surface area contributed by atoms with Crippen molar-refractivity contribution in [2.75, 3.05) is 5.75 Å². The Morgan fingerprint density at radius 2 is 2.20 bits per heavy atom. The number of thiophene rings is 1. The molecule has 0 saturated carbocycles. The van der Waals surface area contributed by atoms with Gasteiger partial charge in [0.05, 0.1) is 14.4 Å². The van der Waals surface area contributed by atoms with E-state index in [2.05, 4.69) is 52.6 Å². The molecule has 0 aliphatic heterocycles. The molecule has 0 aromatic carbocycles. The van der Waals surface area contributed by atoms with Gasteiger partial charge >= 0.3 is 0 Å². The number of halogens is 1. The van der Waals surface area contributed by atoms with Crippen molar-refractivity contribution in [2.45, 2.75) is 13.3 Å². The molecule has 2 aromatic rings. The van der Waals surface area contributed by atoms with E-state index in [1.807, 2.05) is 0 Å². The summed E-state index contributed by atoms with van der Waals surface area (Å²) in [6.07, 6.45) is 1.01. The smallest absolute Gasteiger partial charge is 0.133 e. The molecule has 0 N–H and O–H groups in total. The number of rotatable bonds is 3. The van der Waals surface area contributed by atoms with E-state index in [1.165, 1.54) is 9.75 Å². The first-order valence-corrected chi connectivity index (χ1v) is 7.59. The molecule has 0 radical (unpaired) electrons. The van der Waals surface area contributed by atoms with E-state index in [9.17, 15) is 0 Å². The van der Waals surface area contributed by atoms with Crippen LogP contribution in [-0.2, 0) is 6.42 Å². The molecular formula is C10H10BrNS3. The van der Waals surface area contributed by atoms with Crippen LogP contribution in [0, 0.1) is 6.92 Å². The van der Waals surface area contributed by atoms with Crippen LogP contribution in [0.15, 0.2) is 15.9 Å². The monoisotopic (exact) mass is 319 g/mol. The molecule has 0 amide bonds. The summed E-state index contributed by atoms with van der Waals surface area (Å²) >= 11 is 11.2. The molecule has 0 atom stereocenters. The summed E-state index contributed by atoms with van der Waals surface area (Å²) in [6.45, 7) is 2.07. The number of thiazole rings is 1. The van der Waals surface area contributed by atoms with Gasteiger partial charge in [-0.1, -0.05) is 0 Å². The first-order chi connectivity index (χ1) is 7.20. The van der Waals surface area contributed by atoms with E-state index in [1.54, 1.807) is 22.7 Å². The van der Waals surface area contributed by atoms with Crippen molar-refractivity contribution in [1.29, 1.82) is 0 Å². The number of aryl methyl sites for hydroxylation is 2. The third-order valence-corrected chi connectivity index (χ3v) is 5.25. The minimum Gasteiger partial charge on any atom is -0.240 e. The van der Waals surface area contributed by atoms with E-state index in [4.69, 9.17) is 0 Å². The summed E-state index contributed by atoms with van der Waals surface area (Å²) in [7, 11) is 0. The average Bonchev–Trinajstić information content (AvgIpc) is 2.75. The molecule has 15 heavy (non-hydrogen) atoms. The predicted molar refractivity (Wildman–Crippen MR) is 75.4 cm³/mol. The topological polar surface area (TPSA) is 12.9 Å². The van der Waals surface area contributed by atoms with Crippen LogP contribution < -0.4 is 0 Å². The number of hydrogen-bond donors (Lipinski definition) is 1. The summed E-state index contributed by atoms with van der Waals surface area (Å²) in [5.74, 6) is 0.886. The first kappa shape index (κ1) is 11.6. The maximum atomic E-state index is 4.59. The second-order valence-electron chi connectivity index (χ2n) is 3.10. The molecule has 0 spiro atoms. The SMILES string of the molecule is Cc1nc(-c2ccc(Br)s2)sc1CCS. The Balaban J connectivity index is 2.33. The molecule has 80 valence electrons. The Morgan fingerprint density at radius 1 is 1.40 bits per heavy atom. The molecule has 5 heteroatoms. The van der Waals surface area contributed by atoms with Crippen molar-refractivity contribution in [3.63, 3.8) is 0 Å². The molecule has 0 fully saturated rings. The van der Waals surface area contributed by atoms with Gasteiger partial charge < -0.3 is 0 Å². The van der Waals surface area contributed by atoms with Crippen molar-refractivity contribution in [1.82, 2.24) is 4.98 Å². The van der Waals surface area contributed by atoms with Crippen LogP contribution in [-0.4, -0.2) is 10.7 Å². The lowest BCUT2D eigenvalue weighted by Crippen LogP contribution is -1.84. The molecule has 0 unspecified atom stereocenters. The molecule has 0 bridgehead atoms. The van der Waals surface area contributed by atoms with E-state index >= 15 is 0 Å². The van der Waals surface area contributed by atoms with Gasteiger partial charge in [0.2, 0.25) is 0 Å². The molecule has 0 saturated heterocycles. The second kappa shape index (κ2) is 4.99. The normalized spacial score (nSPS) is 10.9. The Labute approximate surface area is 111 Å². The van der Waals surface area contributed by atoms with E-state index in [-0.39, 0.29) is 0 Å². The highest BCUT2D eigenvalue weighted by Crippen LogP contribution is 2.35. The van der Waals surface area contributed by atoms with E-state index in [0.717, 1.165) is 26.7 Å². The fourth-order valence-electron chi connectivity index (χ4n) is 1.30. The van der Waals surface area contributed by atoms with Gasteiger partial charge in [-0.25, -0.2) is 4.98 Å². The van der Waals surface area contributed by atoms with Crippen LogP contribution >= 0.6 is 51.2 Å². The summed E-state index contributed by atoms with van der Waals surface area (Å²) in [4.78, 5) is 7.17. The number of thiol groups is 1. The van der Waals surface area contributed by atoms with Crippen LogP contribution in [0.4, 0.5) is 0 Å². The molecule has 1 nitrogen and oxygen atoms in total. The second-order valence-corrected chi connectivity index (χ2v) is 7.10. The molecule has 0 aliphatic carbocycles. The van der Waals surface area contributed by atoms with Crippen LogP contribution in [0.25, 0.3) is 9.88 Å². The van der Waals surface area contributed by atoms with Gasteiger partial charge in [0, 0.05) is 4.88 Å². The standard InChI is InChI=1S/C10H10BrNS3/c1-6-7(4-5-13)15-10(12-6)8-2-3-9(11)14-8/h2-3,13H,4-5H2,1H3. The lowest BCUT2D eigenvalue weighted by atomic mass is 10.3. The third kappa shape index (κ3) is 2.64. The van der Waals surface area contributed by atoms with Crippen molar-refractivity contribution >= 4 is 51.2 Å². The highest BCUT2D eigenvalue weighted by Gasteiger charge is 2.10. The van der Waals surface area contributed by atoms with Crippen molar-refractivity contribution < 1.29 is 0 Å². The number of hydrogen-bond acceptors (Lipinski definition) is 4. The Hall–Kier alpha value is 0.160. The van der Waals surface area contributed by atoms with Gasteiger partial charge in [-0.15, -0.1) is 22.7 Å². The van der Waals surface area contributed by atoms with Crippen LogP contribution in [0.1, 0.15) is 10.6 Å². The number of aromatic nitrogens is 1. The van der Waals surface area contributed by atoms with Gasteiger partial charge in [0.1, 0.15) is 5.01 Å². The maximum absolute atomic E-state index is 4.59. The van der Waals surface area contributed by atoms with Gasteiger partial charge in [0.25, 0.3) is 0 Å². The zero-order chi connectivity index (χ0) is 10.8. The fraction of sp³-hybridized carbons (Fsp3) is 0.300. The zero-order valence-corrected chi connectivity index (χ0v) is 12.3. The quantitative estimate of drug-likeness (QED) is 0.826. The van der Waals surface area contributed by atoms with Gasteiger partial charge in [-0.05, 0) is 47.2 Å². The third-order valence-electron chi connectivity index (χ3n) is 2.02. The molecular weight excluding hydrogens is 310 g/mol. The van der Waals surface area contributed by atoms with E-state index < -0.39 is 0 Å². The Kier molecular flexibility index (Phi) is 3.88. The van der Waals surface area contributed by atoms with Gasteiger partial charge in [-0.3, -0.25) is 0 Å².